The first-order chi connectivity index (χ1) is 16.4. The normalized spacial score (nSPS) is 18.7. The van der Waals surface area contributed by atoms with Gasteiger partial charge in [-0.3, -0.25) is 4.40 Å². The minimum absolute atomic E-state index is 0.720. The number of benzene rings is 3. The first-order valence-electron chi connectivity index (χ1n) is 13.1. The average molecular weight is 433 g/mol. The molecule has 5 aromatic rings. The van der Waals surface area contributed by atoms with Crippen molar-refractivity contribution in [3.05, 3.63) is 71.8 Å². The van der Waals surface area contributed by atoms with Gasteiger partial charge in [-0.25, -0.2) is 4.98 Å². The van der Waals surface area contributed by atoms with E-state index in [-0.39, 0.29) is 0 Å². The van der Waals surface area contributed by atoms with Crippen molar-refractivity contribution in [2.45, 2.75) is 76.0 Å². The maximum atomic E-state index is 5.30. The number of pyridine rings is 1. The summed E-state index contributed by atoms with van der Waals surface area (Å²) in [6.07, 6.45) is 13.8. The van der Waals surface area contributed by atoms with Crippen LogP contribution in [0.1, 0.15) is 87.2 Å². The third-order valence-corrected chi connectivity index (χ3v) is 8.55. The third-order valence-electron chi connectivity index (χ3n) is 8.55. The fourth-order valence-corrected chi connectivity index (χ4v) is 6.92. The zero-order valence-corrected chi connectivity index (χ0v) is 19.4. The Bertz CT molecular complexity index is 1480. The highest BCUT2D eigenvalue weighted by Gasteiger charge is 2.26. The topological polar surface area (TPSA) is 17.3 Å². The highest BCUT2D eigenvalue weighted by Crippen LogP contribution is 2.43. The van der Waals surface area contributed by atoms with Gasteiger partial charge >= 0.3 is 0 Å². The van der Waals surface area contributed by atoms with Crippen LogP contribution in [0.4, 0.5) is 0 Å². The van der Waals surface area contributed by atoms with E-state index in [2.05, 4.69) is 65.1 Å². The van der Waals surface area contributed by atoms with Gasteiger partial charge in [-0.1, -0.05) is 81.0 Å². The summed E-state index contributed by atoms with van der Waals surface area (Å²) in [4.78, 5) is 5.30. The van der Waals surface area contributed by atoms with E-state index in [0.29, 0.717) is 0 Å². The summed E-state index contributed by atoms with van der Waals surface area (Å²) in [7, 11) is 0. The Morgan fingerprint density at radius 2 is 1.15 bits per heavy atom. The Morgan fingerprint density at radius 1 is 0.576 bits per heavy atom. The van der Waals surface area contributed by atoms with Crippen LogP contribution in [0.15, 0.2) is 60.7 Å². The number of aromatic nitrogens is 2. The Labute approximate surface area is 195 Å². The van der Waals surface area contributed by atoms with Crippen LogP contribution in [0.2, 0.25) is 0 Å². The molecule has 0 amide bonds. The van der Waals surface area contributed by atoms with Crippen molar-refractivity contribution >= 4 is 38.4 Å². The predicted molar refractivity (Wildman–Crippen MR) is 139 cm³/mol. The molecule has 166 valence electrons. The van der Waals surface area contributed by atoms with E-state index in [1.54, 1.807) is 11.1 Å². The molecule has 2 heterocycles. The predicted octanol–water partition coefficient (Wildman–Crippen LogP) is 8.89. The van der Waals surface area contributed by atoms with E-state index < -0.39 is 0 Å². The molecule has 0 aliphatic heterocycles. The molecule has 7 rings (SSSR count). The van der Waals surface area contributed by atoms with Crippen molar-refractivity contribution in [3.63, 3.8) is 0 Å². The summed E-state index contributed by atoms with van der Waals surface area (Å²) in [6, 6.07) is 22.7. The summed E-state index contributed by atoms with van der Waals surface area (Å²) in [6.45, 7) is 0. The quantitative estimate of drug-likeness (QED) is 0.255. The van der Waals surface area contributed by atoms with Gasteiger partial charge in [-0.2, -0.15) is 0 Å². The van der Waals surface area contributed by atoms with Crippen LogP contribution in [0, 0.1) is 0 Å². The van der Waals surface area contributed by atoms with Gasteiger partial charge in [-0.15, -0.1) is 0 Å². The number of imidazole rings is 1. The Morgan fingerprint density at radius 3 is 1.85 bits per heavy atom. The molecule has 0 N–H and O–H groups in total. The summed E-state index contributed by atoms with van der Waals surface area (Å²) in [5.41, 5.74) is 8.13. The largest absolute Gasteiger partial charge is 0.292 e. The Hall–Kier alpha value is -2.87. The lowest BCUT2D eigenvalue weighted by molar-refractivity contribution is 0.419. The van der Waals surface area contributed by atoms with E-state index in [1.807, 2.05) is 0 Å². The maximum absolute atomic E-state index is 5.30. The Kier molecular flexibility index (Phi) is 4.67. The molecule has 3 aromatic carbocycles. The SMILES string of the molecule is c1ccc2c(c1)c1ccccc1n1c3cc(C4CCCCC4)c(C4CCCCC4)cc3nc21. The summed E-state index contributed by atoms with van der Waals surface area (Å²) >= 11 is 0. The minimum Gasteiger partial charge on any atom is -0.292 e. The first-order valence-corrected chi connectivity index (χ1v) is 13.1. The van der Waals surface area contributed by atoms with E-state index in [4.69, 9.17) is 4.98 Å². The first kappa shape index (κ1) is 19.6. The van der Waals surface area contributed by atoms with Crippen molar-refractivity contribution in [3.8, 4) is 0 Å². The van der Waals surface area contributed by atoms with Gasteiger partial charge in [0.2, 0.25) is 0 Å². The second-order valence-corrected chi connectivity index (χ2v) is 10.5. The van der Waals surface area contributed by atoms with Crippen molar-refractivity contribution in [1.29, 1.82) is 0 Å². The van der Waals surface area contributed by atoms with Gasteiger partial charge in [0, 0.05) is 10.8 Å². The lowest BCUT2D eigenvalue weighted by atomic mass is 9.76. The maximum Gasteiger partial charge on any atom is 0.146 e. The molecule has 2 saturated carbocycles. The van der Waals surface area contributed by atoms with Gasteiger partial charge in [0.15, 0.2) is 0 Å². The zero-order chi connectivity index (χ0) is 21.8. The highest BCUT2D eigenvalue weighted by molar-refractivity contribution is 6.13. The van der Waals surface area contributed by atoms with Crippen molar-refractivity contribution < 1.29 is 0 Å². The minimum atomic E-state index is 0.720. The molecule has 2 aromatic heterocycles. The zero-order valence-electron chi connectivity index (χ0n) is 19.4. The summed E-state index contributed by atoms with van der Waals surface area (Å²) < 4.78 is 2.45. The number of hydrogen-bond donors (Lipinski definition) is 0. The molecule has 2 aliphatic rings. The van der Waals surface area contributed by atoms with E-state index in [9.17, 15) is 0 Å². The lowest BCUT2D eigenvalue weighted by Crippen LogP contribution is -2.12. The Balaban J connectivity index is 1.57. The van der Waals surface area contributed by atoms with E-state index in [1.165, 1.54) is 96.9 Å². The summed E-state index contributed by atoms with van der Waals surface area (Å²) in [5.74, 6) is 1.44. The molecule has 0 saturated heterocycles. The van der Waals surface area contributed by atoms with Crippen LogP contribution in [0.5, 0.6) is 0 Å². The fourth-order valence-electron chi connectivity index (χ4n) is 6.92. The average Bonchev–Trinajstić information content (AvgIpc) is 3.28. The smallest absolute Gasteiger partial charge is 0.146 e. The van der Waals surface area contributed by atoms with Crippen LogP contribution < -0.4 is 0 Å². The molecule has 0 unspecified atom stereocenters. The number of rotatable bonds is 2. The molecule has 0 spiro atoms. The molecule has 33 heavy (non-hydrogen) atoms. The van der Waals surface area contributed by atoms with Gasteiger partial charge in [0.1, 0.15) is 5.65 Å². The molecular formula is C31H32N2. The monoisotopic (exact) mass is 432 g/mol. The van der Waals surface area contributed by atoms with E-state index >= 15 is 0 Å². The standard InChI is InChI=1S/C31H32N2/c1-3-11-21(12-4-1)26-19-28-30(20-27(26)22-13-5-2-6-14-22)33-29-18-10-9-16-24(29)23-15-7-8-17-25(23)31(33)32-28/h7-10,15-22H,1-6,11-14H2. The van der Waals surface area contributed by atoms with Crippen molar-refractivity contribution in [2.24, 2.45) is 0 Å². The van der Waals surface area contributed by atoms with Gasteiger partial charge in [0.25, 0.3) is 0 Å². The van der Waals surface area contributed by atoms with Gasteiger partial charge in [0.05, 0.1) is 16.6 Å². The van der Waals surface area contributed by atoms with Gasteiger partial charge in [-0.05, 0) is 72.2 Å². The second-order valence-electron chi connectivity index (χ2n) is 10.5. The molecule has 2 fully saturated rings. The molecule has 0 radical (unpaired) electrons. The van der Waals surface area contributed by atoms with Crippen molar-refractivity contribution in [1.82, 2.24) is 9.38 Å². The molecule has 2 nitrogen and oxygen atoms in total. The highest BCUT2D eigenvalue weighted by atomic mass is 15.0. The molecule has 0 atom stereocenters. The molecule has 2 aliphatic carbocycles. The number of fused-ring (bicyclic) bond motifs is 8. The van der Waals surface area contributed by atoms with Crippen molar-refractivity contribution in [2.75, 3.05) is 0 Å². The molecule has 0 bridgehead atoms. The second kappa shape index (κ2) is 7.87. The van der Waals surface area contributed by atoms with Crippen LogP contribution in [-0.2, 0) is 0 Å². The number of nitrogens with zero attached hydrogens (tertiary/aromatic N) is 2. The lowest BCUT2D eigenvalue weighted by Gasteiger charge is -2.29. The van der Waals surface area contributed by atoms with Crippen LogP contribution in [0.25, 0.3) is 38.4 Å². The third kappa shape index (κ3) is 3.10. The number of hydrogen-bond acceptors (Lipinski definition) is 1. The van der Waals surface area contributed by atoms with Crippen LogP contribution in [0.3, 0.4) is 0 Å². The molecule has 2 heteroatoms. The van der Waals surface area contributed by atoms with Crippen LogP contribution >= 0.6 is 0 Å². The van der Waals surface area contributed by atoms with E-state index in [0.717, 1.165) is 17.5 Å². The number of para-hydroxylation sites is 1. The van der Waals surface area contributed by atoms with Crippen LogP contribution in [-0.4, -0.2) is 9.38 Å². The molecular weight excluding hydrogens is 400 g/mol. The summed E-state index contributed by atoms with van der Waals surface area (Å²) in [5, 5.41) is 3.87. The van der Waals surface area contributed by atoms with Gasteiger partial charge < -0.3 is 0 Å². The fraction of sp³-hybridized carbons (Fsp3) is 0.387.